The lowest BCUT2D eigenvalue weighted by Gasteiger charge is -2.27. The van der Waals surface area contributed by atoms with Crippen molar-refractivity contribution in [3.63, 3.8) is 0 Å². The van der Waals surface area contributed by atoms with Crippen molar-refractivity contribution >= 4 is 21.6 Å². The largest absolute Gasteiger partial charge is 0.497 e. The summed E-state index contributed by atoms with van der Waals surface area (Å²) < 4.78 is 39.4. The van der Waals surface area contributed by atoms with E-state index >= 15 is 0 Å². The second-order valence-corrected chi connectivity index (χ2v) is 9.89. The van der Waals surface area contributed by atoms with Crippen LogP contribution in [0.4, 0.5) is 5.69 Å². The van der Waals surface area contributed by atoms with Gasteiger partial charge in [-0.05, 0) is 62.2 Å². The van der Waals surface area contributed by atoms with Crippen LogP contribution in [0.25, 0.3) is 0 Å². The highest BCUT2D eigenvalue weighted by Gasteiger charge is 2.30. The van der Waals surface area contributed by atoms with Crippen LogP contribution in [0.2, 0.25) is 0 Å². The fourth-order valence-corrected chi connectivity index (χ4v) is 5.14. The molecule has 186 valence electrons. The molecule has 0 bridgehead atoms. The normalized spacial score (nSPS) is 12.0. The Labute approximate surface area is 207 Å². The maximum absolute atomic E-state index is 13.7. The van der Waals surface area contributed by atoms with Crippen LogP contribution in [0.15, 0.2) is 77.7 Å². The van der Waals surface area contributed by atoms with Gasteiger partial charge < -0.3 is 14.8 Å². The van der Waals surface area contributed by atoms with E-state index in [1.54, 1.807) is 55.6 Å². The average Bonchev–Trinajstić information content (AvgIpc) is 2.87. The van der Waals surface area contributed by atoms with Gasteiger partial charge in [0.05, 0.1) is 30.3 Å². The Morgan fingerprint density at radius 1 is 0.971 bits per heavy atom. The summed E-state index contributed by atoms with van der Waals surface area (Å²) in [7, 11) is -2.45. The Morgan fingerprint density at radius 3 is 2.23 bits per heavy atom. The zero-order chi connectivity index (χ0) is 25.4. The van der Waals surface area contributed by atoms with E-state index in [4.69, 9.17) is 9.47 Å². The van der Waals surface area contributed by atoms with Crippen LogP contribution in [0.5, 0.6) is 11.5 Å². The van der Waals surface area contributed by atoms with Gasteiger partial charge in [0.25, 0.3) is 10.0 Å². The molecule has 0 aliphatic carbocycles. The standard InChI is InChI=1S/C27H32N2O5S/c1-5-24(21-13-15-22(33-4)16-14-21)28-27(30)19-29(25-9-7-8-10-26(25)34-6-2)35(31,32)23-17-11-20(3)12-18-23/h7-18,24H,5-6,19H2,1-4H3,(H,28,30)/t24-/m1/s1. The molecule has 1 N–H and O–H groups in total. The molecule has 8 heteroatoms. The highest BCUT2D eigenvalue weighted by Crippen LogP contribution is 2.32. The van der Waals surface area contributed by atoms with Crippen LogP contribution < -0.4 is 19.1 Å². The van der Waals surface area contributed by atoms with Gasteiger partial charge in [-0.15, -0.1) is 0 Å². The molecular weight excluding hydrogens is 464 g/mol. The van der Waals surface area contributed by atoms with Crippen LogP contribution in [0.1, 0.15) is 37.4 Å². The summed E-state index contributed by atoms with van der Waals surface area (Å²) in [5.41, 5.74) is 2.15. The fourth-order valence-electron chi connectivity index (χ4n) is 3.71. The van der Waals surface area contributed by atoms with Crippen LogP contribution in [0.3, 0.4) is 0 Å². The first-order valence-electron chi connectivity index (χ1n) is 11.5. The first kappa shape index (κ1) is 26.1. The van der Waals surface area contributed by atoms with Crippen molar-refractivity contribution in [2.75, 3.05) is 24.6 Å². The molecule has 7 nitrogen and oxygen atoms in total. The predicted octanol–water partition coefficient (Wildman–Crippen LogP) is 4.87. The summed E-state index contributed by atoms with van der Waals surface area (Å²) in [4.78, 5) is 13.3. The van der Waals surface area contributed by atoms with Crippen LogP contribution >= 0.6 is 0 Å². The summed E-state index contributed by atoms with van der Waals surface area (Å²) in [6.45, 7) is 5.63. The second kappa shape index (κ2) is 11.8. The first-order valence-corrected chi connectivity index (χ1v) is 13.0. The van der Waals surface area contributed by atoms with Crippen molar-refractivity contribution in [2.24, 2.45) is 0 Å². The molecule has 0 aromatic heterocycles. The molecule has 1 atom stereocenters. The highest BCUT2D eigenvalue weighted by atomic mass is 32.2. The number of anilines is 1. The number of hydrogen-bond donors (Lipinski definition) is 1. The zero-order valence-corrected chi connectivity index (χ0v) is 21.3. The predicted molar refractivity (Wildman–Crippen MR) is 137 cm³/mol. The number of carbonyl (C=O) groups is 1. The molecule has 3 rings (SSSR count). The van der Waals surface area contributed by atoms with Crippen molar-refractivity contribution in [1.82, 2.24) is 5.32 Å². The maximum Gasteiger partial charge on any atom is 0.264 e. The number of amides is 1. The van der Waals surface area contributed by atoms with Gasteiger partial charge >= 0.3 is 0 Å². The Kier molecular flexibility index (Phi) is 8.76. The third-order valence-electron chi connectivity index (χ3n) is 5.59. The molecule has 0 unspecified atom stereocenters. The van der Waals surface area contributed by atoms with E-state index in [0.29, 0.717) is 24.5 Å². The summed E-state index contributed by atoms with van der Waals surface area (Å²) in [6.07, 6.45) is 0.637. The van der Waals surface area contributed by atoms with Crippen molar-refractivity contribution in [1.29, 1.82) is 0 Å². The molecule has 0 radical (unpaired) electrons. The molecule has 0 spiro atoms. The number of methoxy groups -OCH3 is 1. The second-order valence-electron chi connectivity index (χ2n) is 8.03. The number of nitrogens with zero attached hydrogens (tertiary/aromatic N) is 1. The minimum atomic E-state index is -4.05. The first-order chi connectivity index (χ1) is 16.8. The molecule has 3 aromatic rings. The smallest absolute Gasteiger partial charge is 0.264 e. The Hall–Kier alpha value is -3.52. The molecule has 0 saturated heterocycles. The Morgan fingerprint density at radius 2 is 1.63 bits per heavy atom. The fraction of sp³-hybridized carbons (Fsp3) is 0.296. The number of hydrogen-bond acceptors (Lipinski definition) is 5. The van der Waals surface area contributed by atoms with E-state index < -0.39 is 22.5 Å². The van der Waals surface area contributed by atoms with Crippen molar-refractivity contribution in [3.8, 4) is 11.5 Å². The lowest BCUT2D eigenvalue weighted by molar-refractivity contribution is -0.120. The summed E-state index contributed by atoms with van der Waals surface area (Å²) >= 11 is 0. The van der Waals surface area contributed by atoms with Crippen molar-refractivity contribution < 1.29 is 22.7 Å². The third kappa shape index (κ3) is 6.33. The number of sulfonamides is 1. The molecule has 3 aromatic carbocycles. The molecule has 0 heterocycles. The monoisotopic (exact) mass is 496 g/mol. The van der Waals surface area contributed by atoms with E-state index in [2.05, 4.69) is 5.32 Å². The summed E-state index contributed by atoms with van der Waals surface area (Å²) in [5.74, 6) is 0.688. The number of ether oxygens (including phenoxy) is 2. The van der Waals surface area contributed by atoms with E-state index in [1.807, 2.05) is 45.0 Å². The van der Waals surface area contributed by atoms with Crippen molar-refractivity contribution in [2.45, 2.75) is 38.1 Å². The molecule has 35 heavy (non-hydrogen) atoms. The average molecular weight is 497 g/mol. The van der Waals surface area contributed by atoms with Gasteiger partial charge in [0.1, 0.15) is 18.0 Å². The molecule has 0 aliphatic rings. The van der Waals surface area contributed by atoms with Gasteiger partial charge in [-0.3, -0.25) is 9.10 Å². The van der Waals surface area contributed by atoms with Crippen molar-refractivity contribution in [3.05, 3.63) is 83.9 Å². The summed E-state index contributed by atoms with van der Waals surface area (Å²) in [5, 5.41) is 2.98. The van der Waals surface area contributed by atoms with Gasteiger partial charge in [0.15, 0.2) is 0 Å². The van der Waals surface area contributed by atoms with E-state index in [-0.39, 0.29) is 10.9 Å². The Bertz CT molecular complexity index is 1230. The van der Waals surface area contributed by atoms with Crippen LogP contribution in [-0.4, -0.2) is 34.6 Å². The summed E-state index contributed by atoms with van der Waals surface area (Å²) in [6, 6.07) is 20.5. The number of benzene rings is 3. The zero-order valence-electron chi connectivity index (χ0n) is 20.5. The molecular formula is C27H32N2O5S. The topological polar surface area (TPSA) is 84.9 Å². The molecule has 0 fully saturated rings. The Balaban J connectivity index is 1.94. The number of rotatable bonds is 11. The minimum absolute atomic E-state index is 0.101. The molecule has 0 saturated carbocycles. The number of aryl methyl sites for hydroxylation is 1. The van der Waals surface area contributed by atoms with E-state index in [1.165, 1.54) is 0 Å². The van der Waals surface area contributed by atoms with Gasteiger partial charge in [0, 0.05) is 0 Å². The highest BCUT2D eigenvalue weighted by molar-refractivity contribution is 7.92. The van der Waals surface area contributed by atoms with Gasteiger partial charge in [-0.2, -0.15) is 0 Å². The lowest BCUT2D eigenvalue weighted by atomic mass is 10.0. The van der Waals surface area contributed by atoms with Gasteiger partial charge in [-0.25, -0.2) is 8.42 Å². The third-order valence-corrected chi connectivity index (χ3v) is 7.37. The number of carbonyl (C=O) groups excluding carboxylic acids is 1. The van der Waals surface area contributed by atoms with E-state index in [9.17, 15) is 13.2 Å². The van der Waals surface area contributed by atoms with E-state index in [0.717, 1.165) is 21.2 Å². The lowest BCUT2D eigenvalue weighted by Crippen LogP contribution is -2.42. The van der Waals surface area contributed by atoms with Crippen LogP contribution in [-0.2, 0) is 14.8 Å². The molecule has 0 aliphatic heterocycles. The number of nitrogens with one attached hydrogen (secondary N) is 1. The quantitative estimate of drug-likeness (QED) is 0.410. The van der Waals surface area contributed by atoms with Gasteiger partial charge in [-0.1, -0.05) is 48.9 Å². The molecule has 1 amide bonds. The van der Waals surface area contributed by atoms with Gasteiger partial charge in [0.2, 0.25) is 5.91 Å². The SMILES string of the molecule is CCOc1ccccc1N(CC(=O)N[C@H](CC)c1ccc(OC)cc1)S(=O)(=O)c1ccc(C)cc1. The minimum Gasteiger partial charge on any atom is -0.497 e. The van der Waals surface area contributed by atoms with Crippen LogP contribution in [0, 0.1) is 6.92 Å². The maximum atomic E-state index is 13.7. The number of para-hydroxylation sites is 2.